The molecular weight excluding hydrogens is 278 g/mol. The molecule has 0 aromatic heterocycles. The lowest BCUT2D eigenvalue weighted by atomic mass is 10.1. The minimum Gasteiger partial charge on any atom is -0.494 e. The first-order valence-electron chi connectivity index (χ1n) is 7.46. The molecule has 2 N–H and O–H groups in total. The molecule has 0 aliphatic heterocycles. The summed E-state index contributed by atoms with van der Waals surface area (Å²) in [4.78, 5) is 10.5. The van der Waals surface area contributed by atoms with E-state index in [-0.39, 0.29) is 6.42 Å². The summed E-state index contributed by atoms with van der Waals surface area (Å²) in [7, 11) is 0. The summed E-state index contributed by atoms with van der Waals surface area (Å²) < 4.78 is 5.67. The van der Waals surface area contributed by atoms with E-state index in [2.05, 4.69) is 5.32 Å². The van der Waals surface area contributed by atoms with E-state index in [1.54, 1.807) is 0 Å². The number of anilines is 1. The molecule has 0 radical (unpaired) electrons. The molecule has 0 aliphatic carbocycles. The van der Waals surface area contributed by atoms with E-state index in [1.165, 1.54) is 0 Å². The fourth-order valence-electron chi connectivity index (χ4n) is 2.05. The number of carboxylic acids is 1. The van der Waals surface area contributed by atoms with Gasteiger partial charge in [-0.2, -0.15) is 0 Å². The minimum absolute atomic E-state index is 0.158. The first-order valence-corrected chi connectivity index (χ1v) is 7.46. The summed E-state index contributed by atoms with van der Waals surface area (Å²) in [5.74, 6) is 0.0463. The Hall–Kier alpha value is -2.49. The number of para-hydroxylation sites is 1. The Bertz CT molecular complexity index is 567. The zero-order chi connectivity index (χ0) is 15.6. The summed E-state index contributed by atoms with van der Waals surface area (Å²) in [6.45, 7) is 1.51. The Kier molecular flexibility index (Phi) is 6.30. The molecule has 0 amide bonds. The van der Waals surface area contributed by atoms with E-state index >= 15 is 0 Å². The highest BCUT2D eigenvalue weighted by molar-refractivity contribution is 5.67. The first kappa shape index (κ1) is 15.9. The number of benzene rings is 2. The number of rotatable bonds is 9. The van der Waals surface area contributed by atoms with Crippen molar-refractivity contribution in [2.75, 3.05) is 18.5 Å². The monoisotopic (exact) mass is 299 g/mol. The van der Waals surface area contributed by atoms with Crippen LogP contribution in [-0.4, -0.2) is 24.2 Å². The third kappa shape index (κ3) is 5.87. The van der Waals surface area contributed by atoms with Crippen molar-refractivity contribution >= 4 is 11.7 Å². The third-order valence-electron chi connectivity index (χ3n) is 3.24. The average molecular weight is 299 g/mol. The molecule has 4 heteroatoms. The van der Waals surface area contributed by atoms with Gasteiger partial charge in [0, 0.05) is 18.7 Å². The average Bonchev–Trinajstić information content (AvgIpc) is 2.54. The Morgan fingerprint density at radius 1 is 1.05 bits per heavy atom. The van der Waals surface area contributed by atoms with Crippen molar-refractivity contribution in [3.8, 4) is 5.75 Å². The summed E-state index contributed by atoms with van der Waals surface area (Å²) in [5.41, 5.74) is 2.13. The molecule has 0 atom stereocenters. The molecule has 2 aromatic rings. The van der Waals surface area contributed by atoms with Gasteiger partial charge in [0.25, 0.3) is 0 Å². The lowest BCUT2D eigenvalue weighted by Gasteiger charge is -2.08. The van der Waals surface area contributed by atoms with Crippen molar-refractivity contribution < 1.29 is 14.6 Å². The lowest BCUT2D eigenvalue weighted by Crippen LogP contribution is -2.07. The number of ether oxygens (including phenoxy) is 1. The molecule has 2 rings (SSSR count). The highest BCUT2D eigenvalue weighted by Crippen LogP contribution is 2.13. The largest absolute Gasteiger partial charge is 0.494 e. The second-order valence-corrected chi connectivity index (χ2v) is 5.03. The topological polar surface area (TPSA) is 58.6 Å². The molecule has 0 spiro atoms. The molecule has 0 unspecified atom stereocenters. The highest BCUT2D eigenvalue weighted by Gasteiger charge is 2.00. The van der Waals surface area contributed by atoms with Crippen LogP contribution in [-0.2, 0) is 11.2 Å². The normalized spacial score (nSPS) is 10.2. The van der Waals surface area contributed by atoms with Gasteiger partial charge < -0.3 is 15.2 Å². The van der Waals surface area contributed by atoms with Gasteiger partial charge in [0.1, 0.15) is 5.75 Å². The van der Waals surface area contributed by atoms with Crippen molar-refractivity contribution in [2.24, 2.45) is 0 Å². The number of aryl methyl sites for hydroxylation is 1. The van der Waals surface area contributed by atoms with Crippen molar-refractivity contribution in [3.63, 3.8) is 0 Å². The van der Waals surface area contributed by atoms with Gasteiger partial charge in [-0.15, -0.1) is 0 Å². The smallest absolute Gasteiger partial charge is 0.303 e. The maximum absolute atomic E-state index is 10.5. The molecular formula is C18H21NO3. The SMILES string of the molecule is O=C(O)CCc1ccc(OCCCNc2ccccc2)cc1. The summed E-state index contributed by atoms with van der Waals surface area (Å²) in [6, 6.07) is 17.7. The summed E-state index contributed by atoms with van der Waals surface area (Å²) >= 11 is 0. The van der Waals surface area contributed by atoms with Crippen LogP contribution in [0.25, 0.3) is 0 Å². The fourth-order valence-corrected chi connectivity index (χ4v) is 2.05. The third-order valence-corrected chi connectivity index (χ3v) is 3.24. The quantitative estimate of drug-likeness (QED) is 0.695. The van der Waals surface area contributed by atoms with Crippen LogP contribution in [0, 0.1) is 0 Å². The van der Waals surface area contributed by atoms with Crippen LogP contribution in [0.15, 0.2) is 54.6 Å². The summed E-state index contributed by atoms with van der Waals surface area (Å²) in [5, 5.41) is 12.0. The number of carbonyl (C=O) groups is 1. The second-order valence-electron chi connectivity index (χ2n) is 5.03. The fraction of sp³-hybridized carbons (Fsp3) is 0.278. The molecule has 0 fully saturated rings. The second kappa shape index (κ2) is 8.72. The predicted octanol–water partition coefficient (Wildman–Crippen LogP) is 3.58. The number of carboxylic acid groups (broad SMARTS) is 1. The maximum atomic E-state index is 10.5. The zero-order valence-corrected chi connectivity index (χ0v) is 12.5. The van der Waals surface area contributed by atoms with Gasteiger partial charge in [-0.1, -0.05) is 30.3 Å². The van der Waals surface area contributed by atoms with E-state index in [0.717, 1.165) is 30.0 Å². The van der Waals surface area contributed by atoms with Crippen molar-refractivity contribution in [1.29, 1.82) is 0 Å². The molecule has 4 nitrogen and oxygen atoms in total. The lowest BCUT2D eigenvalue weighted by molar-refractivity contribution is -0.136. The maximum Gasteiger partial charge on any atom is 0.303 e. The molecule has 2 aromatic carbocycles. The van der Waals surface area contributed by atoms with Gasteiger partial charge in [-0.3, -0.25) is 4.79 Å². The van der Waals surface area contributed by atoms with Crippen molar-refractivity contribution in [3.05, 3.63) is 60.2 Å². The van der Waals surface area contributed by atoms with Crippen LogP contribution in [0.3, 0.4) is 0 Å². The molecule has 0 bridgehead atoms. The minimum atomic E-state index is -0.772. The predicted molar refractivity (Wildman–Crippen MR) is 87.4 cm³/mol. The molecule has 22 heavy (non-hydrogen) atoms. The number of hydrogen-bond donors (Lipinski definition) is 2. The van der Waals surface area contributed by atoms with Crippen LogP contribution in [0.5, 0.6) is 5.75 Å². The Labute approximate surface area is 130 Å². The molecule has 0 saturated heterocycles. The number of aliphatic carboxylic acids is 1. The van der Waals surface area contributed by atoms with Gasteiger partial charge in [0.05, 0.1) is 6.61 Å². The first-order chi connectivity index (χ1) is 10.7. The zero-order valence-electron chi connectivity index (χ0n) is 12.5. The van der Waals surface area contributed by atoms with Crippen LogP contribution >= 0.6 is 0 Å². The van der Waals surface area contributed by atoms with Gasteiger partial charge in [0.2, 0.25) is 0 Å². The van der Waals surface area contributed by atoms with Crippen molar-refractivity contribution in [2.45, 2.75) is 19.3 Å². The molecule has 0 heterocycles. The van der Waals surface area contributed by atoms with Gasteiger partial charge in [0.15, 0.2) is 0 Å². The Morgan fingerprint density at radius 3 is 2.45 bits per heavy atom. The highest BCUT2D eigenvalue weighted by atomic mass is 16.5. The van der Waals surface area contributed by atoms with Gasteiger partial charge in [-0.05, 0) is 42.7 Å². The molecule has 0 saturated carbocycles. The van der Waals surface area contributed by atoms with Gasteiger partial charge in [-0.25, -0.2) is 0 Å². The van der Waals surface area contributed by atoms with E-state index in [1.807, 2.05) is 54.6 Å². The number of hydrogen-bond acceptors (Lipinski definition) is 3. The molecule has 116 valence electrons. The Balaban J connectivity index is 1.63. The van der Waals surface area contributed by atoms with E-state index in [4.69, 9.17) is 9.84 Å². The molecule has 0 aliphatic rings. The van der Waals surface area contributed by atoms with E-state index in [0.29, 0.717) is 13.0 Å². The summed E-state index contributed by atoms with van der Waals surface area (Å²) in [6.07, 6.45) is 1.62. The van der Waals surface area contributed by atoms with Crippen LogP contribution in [0.4, 0.5) is 5.69 Å². The van der Waals surface area contributed by atoms with Gasteiger partial charge >= 0.3 is 5.97 Å². The van der Waals surface area contributed by atoms with Crippen molar-refractivity contribution in [1.82, 2.24) is 0 Å². The van der Waals surface area contributed by atoms with Crippen LogP contribution < -0.4 is 10.1 Å². The van der Waals surface area contributed by atoms with E-state index < -0.39 is 5.97 Å². The van der Waals surface area contributed by atoms with Crippen LogP contribution in [0.1, 0.15) is 18.4 Å². The standard InChI is InChI=1S/C18H21NO3/c20-18(21)12-9-15-7-10-17(11-8-15)22-14-4-13-19-16-5-2-1-3-6-16/h1-3,5-8,10-11,19H,4,9,12-14H2,(H,20,21). The number of nitrogens with one attached hydrogen (secondary N) is 1. The Morgan fingerprint density at radius 2 is 1.77 bits per heavy atom. The van der Waals surface area contributed by atoms with E-state index in [9.17, 15) is 4.79 Å². The van der Waals surface area contributed by atoms with Crippen LogP contribution in [0.2, 0.25) is 0 Å².